The predicted octanol–water partition coefficient (Wildman–Crippen LogP) is 3.88. The molecule has 0 radical (unpaired) electrons. The molecule has 0 aliphatic carbocycles. The topological polar surface area (TPSA) is 26.3 Å². The molecule has 2 aromatic carbocycles. The number of hydrogen-bond donors (Lipinski definition) is 0. The molecule has 0 fully saturated rings. The van der Waals surface area contributed by atoms with Crippen LogP contribution in [0.5, 0.6) is 5.75 Å². The average Bonchev–Trinajstić information content (AvgIpc) is 2.37. The van der Waals surface area contributed by atoms with Gasteiger partial charge in [-0.2, -0.15) is 0 Å². The first-order valence-corrected chi connectivity index (χ1v) is 6.43. The highest BCUT2D eigenvalue weighted by atomic mass is 19.1. The zero-order valence-corrected chi connectivity index (χ0v) is 11.9. The molecular formula is C17H17FO2. The number of aryl methyl sites for hydroxylation is 2. The Morgan fingerprint density at radius 2 is 1.85 bits per heavy atom. The SMILES string of the molecule is COc1ccc(C)cc1CC(=O)c1cc(C)cc(F)c1. The summed E-state index contributed by atoms with van der Waals surface area (Å²) in [5.41, 5.74) is 3.01. The Balaban J connectivity index is 2.29. The van der Waals surface area contributed by atoms with Crippen molar-refractivity contribution >= 4 is 5.78 Å². The van der Waals surface area contributed by atoms with Crippen molar-refractivity contribution < 1.29 is 13.9 Å². The van der Waals surface area contributed by atoms with E-state index in [1.807, 2.05) is 25.1 Å². The van der Waals surface area contributed by atoms with Gasteiger partial charge in [-0.05, 0) is 43.7 Å². The van der Waals surface area contributed by atoms with Crippen molar-refractivity contribution in [2.75, 3.05) is 7.11 Å². The summed E-state index contributed by atoms with van der Waals surface area (Å²) < 4.78 is 18.6. The van der Waals surface area contributed by atoms with E-state index in [0.29, 0.717) is 11.3 Å². The van der Waals surface area contributed by atoms with Gasteiger partial charge in [0, 0.05) is 17.5 Å². The highest BCUT2D eigenvalue weighted by Crippen LogP contribution is 2.22. The predicted molar refractivity (Wildman–Crippen MR) is 76.9 cm³/mol. The lowest BCUT2D eigenvalue weighted by Gasteiger charge is -2.09. The number of carbonyl (C=O) groups excluding carboxylic acids is 1. The normalized spacial score (nSPS) is 10.4. The van der Waals surface area contributed by atoms with Gasteiger partial charge in [0.15, 0.2) is 5.78 Å². The van der Waals surface area contributed by atoms with Crippen molar-refractivity contribution in [3.8, 4) is 5.75 Å². The fraction of sp³-hybridized carbons (Fsp3) is 0.235. The molecule has 2 aromatic rings. The fourth-order valence-corrected chi connectivity index (χ4v) is 2.22. The molecule has 0 aliphatic heterocycles. The molecular weight excluding hydrogens is 255 g/mol. The fourth-order valence-electron chi connectivity index (χ4n) is 2.22. The molecule has 3 heteroatoms. The van der Waals surface area contributed by atoms with Gasteiger partial charge in [0.25, 0.3) is 0 Å². The second-order valence-electron chi connectivity index (χ2n) is 4.93. The number of Topliss-reactive ketones (excluding diaryl/α,β-unsaturated/α-hetero) is 1. The molecule has 104 valence electrons. The molecule has 2 nitrogen and oxygen atoms in total. The Morgan fingerprint density at radius 1 is 1.10 bits per heavy atom. The number of methoxy groups -OCH3 is 1. The summed E-state index contributed by atoms with van der Waals surface area (Å²) in [5.74, 6) is 0.179. The highest BCUT2D eigenvalue weighted by Gasteiger charge is 2.12. The molecule has 0 saturated heterocycles. The molecule has 0 spiro atoms. The number of rotatable bonds is 4. The molecule has 0 bridgehead atoms. The standard InChI is InChI=1S/C17H17FO2/c1-11-4-5-17(20-3)14(6-11)10-16(19)13-7-12(2)8-15(18)9-13/h4-9H,10H2,1-3H3. The lowest BCUT2D eigenvalue weighted by atomic mass is 9.99. The molecule has 0 saturated carbocycles. The van der Waals surface area contributed by atoms with Gasteiger partial charge in [-0.15, -0.1) is 0 Å². The minimum Gasteiger partial charge on any atom is -0.496 e. The van der Waals surface area contributed by atoms with Crippen LogP contribution in [0, 0.1) is 19.7 Å². The van der Waals surface area contributed by atoms with Crippen molar-refractivity contribution in [1.82, 2.24) is 0 Å². The molecule has 2 rings (SSSR count). The zero-order valence-electron chi connectivity index (χ0n) is 11.9. The second kappa shape index (κ2) is 5.87. The summed E-state index contributed by atoms with van der Waals surface area (Å²) in [6, 6.07) is 10.1. The van der Waals surface area contributed by atoms with Crippen molar-refractivity contribution in [2.24, 2.45) is 0 Å². The maximum Gasteiger partial charge on any atom is 0.167 e. The Bertz CT molecular complexity index is 627. The molecule has 0 heterocycles. The van der Waals surface area contributed by atoms with Crippen LogP contribution in [0.4, 0.5) is 4.39 Å². The third-order valence-electron chi connectivity index (χ3n) is 3.15. The second-order valence-corrected chi connectivity index (χ2v) is 4.93. The largest absolute Gasteiger partial charge is 0.496 e. The smallest absolute Gasteiger partial charge is 0.167 e. The van der Waals surface area contributed by atoms with Crippen LogP contribution in [0.1, 0.15) is 27.0 Å². The summed E-state index contributed by atoms with van der Waals surface area (Å²) in [6.45, 7) is 3.73. The van der Waals surface area contributed by atoms with Gasteiger partial charge < -0.3 is 4.74 Å². The van der Waals surface area contributed by atoms with E-state index in [4.69, 9.17) is 4.74 Å². The molecule has 0 amide bonds. The minimum absolute atomic E-state index is 0.114. The number of ketones is 1. The minimum atomic E-state index is -0.385. The summed E-state index contributed by atoms with van der Waals surface area (Å²) in [5, 5.41) is 0. The van der Waals surface area contributed by atoms with Crippen LogP contribution < -0.4 is 4.74 Å². The van der Waals surface area contributed by atoms with Gasteiger partial charge in [0.1, 0.15) is 11.6 Å². The number of ether oxygens (including phenoxy) is 1. The van der Waals surface area contributed by atoms with Crippen LogP contribution in [0.3, 0.4) is 0 Å². The number of carbonyl (C=O) groups is 1. The lowest BCUT2D eigenvalue weighted by molar-refractivity contribution is 0.0991. The Labute approximate surface area is 118 Å². The van der Waals surface area contributed by atoms with E-state index >= 15 is 0 Å². The first-order valence-electron chi connectivity index (χ1n) is 6.43. The van der Waals surface area contributed by atoms with E-state index in [1.54, 1.807) is 20.1 Å². The van der Waals surface area contributed by atoms with Crippen LogP contribution in [0.2, 0.25) is 0 Å². The zero-order chi connectivity index (χ0) is 14.7. The van der Waals surface area contributed by atoms with E-state index in [2.05, 4.69) is 0 Å². The number of halogens is 1. The Kier molecular flexibility index (Phi) is 4.18. The summed E-state index contributed by atoms with van der Waals surface area (Å²) in [4.78, 5) is 12.3. The van der Waals surface area contributed by atoms with Crippen molar-refractivity contribution in [2.45, 2.75) is 20.3 Å². The van der Waals surface area contributed by atoms with Gasteiger partial charge in [-0.25, -0.2) is 4.39 Å². The Morgan fingerprint density at radius 3 is 2.50 bits per heavy atom. The molecule has 0 unspecified atom stereocenters. The van der Waals surface area contributed by atoms with Crippen molar-refractivity contribution in [3.05, 3.63) is 64.5 Å². The van der Waals surface area contributed by atoms with Gasteiger partial charge in [-0.3, -0.25) is 4.79 Å². The van der Waals surface area contributed by atoms with Gasteiger partial charge in [0.2, 0.25) is 0 Å². The third-order valence-corrected chi connectivity index (χ3v) is 3.15. The molecule has 0 aromatic heterocycles. The van der Waals surface area contributed by atoms with E-state index in [-0.39, 0.29) is 18.0 Å². The van der Waals surface area contributed by atoms with Crippen molar-refractivity contribution in [1.29, 1.82) is 0 Å². The van der Waals surface area contributed by atoms with Gasteiger partial charge >= 0.3 is 0 Å². The number of benzene rings is 2. The van der Waals surface area contributed by atoms with E-state index < -0.39 is 0 Å². The summed E-state index contributed by atoms with van der Waals surface area (Å²) in [7, 11) is 1.57. The van der Waals surface area contributed by atoms with Crippen LogP contribution in [0.25, 0.3) is 0 Å². The lowest BCUT2D eigenvalue weighted by Crippen LogP contribution is -2.06. The van der Waals surface area contributed by atoms with Gasteiger partial charge in [-0.1, -0.05) is 17.7 Å². The van der Waals surface area contributed by atoms with Crippen LogP contribution >= 0.6 is 0 Å². The molecule has 0 atom stereocenters. The van der Waals surface area contributed by atoms with Crippen LogP contribution in [-0.2, 0) is 6.42 Å². The molecule has 20 heavy (non-hydrogen) atoms. The van der Waals surface area contributed by atoms with E-state index in [9.17, 15) is 9.18 Å². The maximum atomic E-state index is 13.4. The van der Waals surface area contributed by atoms with Crippen LogP contribution in [0.15, 0.2) is 36.4 Å². The van der Waals surface area contributed by atoms with Crippen molar-refractivity contribution in [3.63, 3.8) is 0 Å². The molecule has 0 aliphatic rings. The van der Waals surface area contributed by atoms with E-state index in [1.165, 1.54) is 12.1 Å². The first-order chi connectivity index (χ1) is 9.49. The molecule has 0 N–H and O–H groups in total. The Hall–Kier alpha value is -2.16. The van der Waals surface area contributed by atoms with Crippen LogP contribution in [-0.4, -0.2) is 12.9 Å². The van der Waals surface area contributed by atoms with Gasteiger partial charge in [0.05, 0.1) is 7.11 Å². The quantitative estimate of drug-likeness (QED) is 0.790. The summed E-state index contributed by atoms with van der Waals surface area (Å²) in [6.07, 6.45) is 0.202. The monoisotopic (exact) mass is 272 g/mol. The number of hydrogen-bond acceptors (Lipinski definition) is 2. The highest BCUT2D eigenvalue weighted by molar-refractivity contribution is 5.98. The average molecular weight is 272 g/mol. The third kappa shape index (κ3) is 3.23. The maximum absolute atomic E-state index is 13.4. The first kappa shape index (κ1) is 14.3. The summed E-state index contributed by atoms with van der Waals surface area (Å²) >= 11 is 0. The van der Waals surface area contributed by atoms with E-state index in [0.717, 1.165) is 16.7 Å².